The summed E-state index contributed by atoms with van der Waals surface area (Å²) in [4.78, 5) is 42.1. The lowest BCUT2D eigenvalue weighted by Gasteiger charge is -2.34. The quantitative estimate of drug-likeness (QED) is 0.421. The highest BCUT2D eigenvalue weighted by molar-refractivity contribution is 7.92. The molecule has 1 aromatic carbocycles. The summed E-state index contributed by atoms with van der Waals surface area (Å²) in [6.45, 7) is 1.08. The number of likely N-dealkylation sites (tertiary alicyclic amines) is 2. The van der Waals surface area contributed by atoms with Crippen LogP contribution in [0.2, 0.25) is 4.34 Å². The van der Waals surface area contributed by atoms with Crippen molar-refractivity contribution in [3.05, 3.63) is 57.1 Å². The Morgan fingerprint density at radius 3 is 2.58 bits per heavy atom. The number of rotatable bonds is 9. The van der Waals surface area contributed by atoms with E-state index < -0.39 is 22.0 Å². The first-order chi connectivity index (χ1) is 18.2. The van der Waals surface area contributed by atoms with Gasteiger partial charge in [0.2, 0.25) is 21.8 Å². The molecule has 0 bridgehead atoms. The third-order valence-corrected chi connectivity index (χ3v) is 8.70. The molecule has 3 N–H and O–H groups in total. The molecule has 0 unspecified atom stereocenters. The number of nitrogens with zero attached hydrogens (tertiary/aromatic N) is 2. The van der Waals surface area contributed by atoms with Gasteiger partial charge in [-0.25, -0.2) is 13.2 Å². The van der Waals surface area contributed by atoms with Crippen molar-refractivity contribution in [3.8, 4) is 0 Å². The van der Waals surface area contributed by atoms with E-state index in [1.165, 1.54) is 22.3 Å². The number of carbonyl (C=O) groups excluding carboxylic acids is 3. The second-order valence-corrected chi connectivity index (χ2v) is 12.5. The number of hydrogen-bond donors (Lipinski definition) is 3. The Bertz CT molecular complexity index is 1280. The lowest BCUT2D eigenvalue weighted by Crippen LogP contribution is -2.55. The number of halogens is 1. The van der Waals surface area contributed by atoms with Gasteiger partial charge < -0.3 is 20.4 Å². The van der Waals surface area contributed by atoms with Crippen molar-refractivity contribution in [1.29, 1.82) is 0 Å². The molecule has 3 heterocycles. The Morgan fingerprint density at radius 2 is 1.84 bits per heavy atom. The van der Waals surface area contributed by atoms with Gasteiger partial charge in [-0.15, -0.1) is 11.3 Å². The van der Waals surface area contributed by atoms with Gasteiger partial charge in [0.05, 0.1) is 10.9 Å². The molecule has 2 aromatic rings. The molecular weight excluding hydrogens is 550 g/mol. The lowest BCUT2D eigenvalue weighted by molar-refractivity contribution is -0.143. The Kier molecular flexibility index (Phi) is 9.42. The maximum atomic E-state index is 13.1. The fourth-order valence-electron chi connectivity index (χ4n) is 4.56. The molecule has 4 amide bonds. The Hall–Kier alpha value is -2.93. The molecule has 0 spiro atoms. The van der Waals surface area contributed by atoms with Crippen LogP contribution < -0.4 is 15.4 Å². The van der Waals surface area contributed by atoms with E-state index in [9.17, 15) is 22.8 Å². The van der Waals surface area contributed by atoms with E-state index in [4.69, 9.17) is 11.6 Å². The van der Waals surface area contributed by atoms with Gasteiger partial charge in [0, 0.05) is 41.6 Å². The van der Waals surface area contributed by atoms with Crippen molar-refractivity contribution < 1.29 is 22.8 Å². The summed E-state index contributed by atoms with van der Waals surface area (Å²) in [6.07, 6.45) is 3.90. The molecular formula is C25H30ClN5O5S2. The van der Waals surface area contributed by atoms with Crippen LogP contribution in [-0.2, 0) is 19.6 Å². The second kappa shape index (κ2) is 12.7. The van der Waals surface area contributed by atoms with Crippen LogP contribution in [0.3, 0.4) is 0 Å². The van der Waals surface area contributed by atoms with E-state index in [2.05, 4.69) is 15.4 Å². The summed E-state index contributed by atoms with van der Waals surface area (Å²) >= 11 is 7.12. The third kappa shape index (κ3) is 7.79. The fraction of sp³-hybridized carbons (Fsp3) is 0.400. The summed E-state index contributed by atoms with van der Waals surface area (Å²) < 4.78 is 28.1. The number of piperidine rings is 1. The number of para-hydroxylation sites is 1. The molecule has 2 atom stereocenters. The van der Waals surface area contributed by atoms with Crippen molar-refractivity contribution in [2.24, 2.45) is 0 Å². The van der Waals surface area contributed by atoms with Crippen LogP contribution in [-0.4, -0.2) is 74.3 Å². The molecule has 2 aliphatic rings. The molecule has 0 saturated carbocycles. The zero-order chi connectivity index (χ0) is 27.1. The van der Waals surface area contributed by atoms with Gasteiger partial charge in [-0.3, -0.25) is 9.59 Å². The van der Waals surface area contributed by atoms with Crippen LogP contribution in [0.5, 0.6) is 0 Å². The first kappa shape index (κ1) is 28.1. The molecule has 0 aliphatic carbocycles. The predicted molar refractivity (Wildman–Crippen MR) is 148 cm³/mol. The molecule has 2 aliphatic heterocycles. The molecule has 1 aromatic heterocycles. The summed E-state index contributed by atoms with van der Waals surface area (Å²) in [5, 5.41) is 6.58. The van der Waals surface area contributed by atoms with Gasteiger partial charge >= 0.3 is 6.03 Å². The highest BCUT2D eigenvalue weighted by Gasteiger charge is 2.35. The minimum atomic E-state index is -3.87. The summed E-state index contributed by atoms with van der Waals surface area (Å²) in [5.41, 5.74) is 0.671. The number of benzene rings is 1. The van der Waals surface area contributed by atoms with Crippen LogP contribution in [0.15, 0.2) is 47.9 Å². The fourth-order valence-corrected chi connectivity index (χ4v) is 6.63. The Labute approximate surface area is 231 Å². The number of anilines is 1. The number of sulfonamides is 1. The Morgan fingerprint density at radius 1 is 1.08 bits per heavy atom. The van der Waals surface area contributed by atoms with Crippen molar-refractivity contribution in [1.82, 2.24) is 19.8 Å². The molecule has 204 valence electrons. The smallest absolute Gasteiger partial charge is 0.319 e. The Balaban J connectivity index is 1.28. The largest absolute Gasteiger partial charge is 0.336 e. The average molecular weight is 580 g/mol. The minimum Gasteiger partial charge on any atom is -0.336 e. The van der Waals surface area contributed by atoms with Crippen molar-refractivity contribution in [2.75, 3.05) is 31.5 Å². The van der Waals surface area contributed by atoms with E-state index in [0.29, 0.717) is 47.4 Å². The monoisotopic (exact) mass is 579 g/mol. The van der Waals surface area contributed by atoms with Crippen LogP contribution >= 0.6 is 22.9 Å². The van der Waals surface area contributed by atoms with Gasteiger partial charge in [0.15, 0.2) is 0 Å². The second-order valence-electron chi connectivity index (χ2n) is 9.15. The van der Waals surface area contributed by atoms with Gasteiger partial charge in [-0.05, 0) is 56.0 Å². The number of thiophene rings is 1. The SMILES string of the molecule is O=C(NC[C@@H]1CCCN1C(=O)CN1CCC[C@H](NS(=O)(=O)/C=C/c2ccc(Cl)s2)C1=O)Nc1ccccc1. The number of amides is 4. The molecule has 38 heavy (non-hydrogen) atoms. The van der Waals surface area contributed by atoms with E-state index in [1.54, 1.807) is 29.2 Å². The normalized spacial score (nSPS) is 20.2. The van der Waals surface area contributed by atoms with Crippen molar-refractivity contribution in [2.45, 2.75) is 37.8 Å². The summed E-state index contributed by atoms with van der Waals surface area (Å²) in [5.74, 6) is -0.638. The summed E-state index contributed by atoms with van der Waals surface area (Å²) in [7, 11) is -3.87. The molecule has 4 rings (SSSR count). The zero-order valence-electron chi connectivity index (χ0n) is 20.6. The topological polar surface area (TPSA) is 128 Å². The average Bonchev–Trinajstić information content (AvgIpc) is 3.53. The first-order valence-corrected chi connectivity index (χ1v) is 15.1. The number of hydrogen-bond acceptors (Lipinski definition) is 6. The summed E-state index contributed by atoms with van der Waals surface area (Å²) in [6, 6.07) is 11.0. The van der Waals surface area contributed by atoms with Gasteiger partial charge in [-0.1, -0.05) is 29.8 Å². The highest BCUT2D eigenvalue weighted by atomic mass is 35.5. The minimum absolute atomic E-state index is 0.132. The standard InChI is InChI=1S/C25H30ClN5O5S2/c26-22-11-10-20(37-22)12-15-38(35,36)29-21-9-5-13-30(24(21)33)17-23(32)31-14-4-8-19(31)16-27-25(34)28-18-6-2-1-3-7-18/h1-3,6-7,10-12,15,19,21,29H,4-5,8-9,13-14,16-17H2,(H2,27,28,34)/b15-12+/t19-,21-/m0/s1. The van der Waals surface area contributed by atoms with Gasteiger partial charge in [0.25, 0.3) is 0 Å². The third-order valence-electron chi connectivity index (χ3n) is 6.40. The van der Waals surface area contributed by atoms with Gasteiger partial charge in [-0.2, -0.15) is 4.72 Å². The molecule has 2 saturated heterocycles. The first-order valence-electron chi connectivity index (χ1n) is 12.3. The van der Waals surface area contributed by atoms with E-state index in [0.717, 1.165) is 18.2 Å². The molecule has 13 heteroatoms. The highest BCUT2D eigenvalue weighted by Crippen LogP contribution is 2.23. The lowest BCUT2D eigenvalue weighted by atomic mass is 10.1. The van der Waals surface area contributed by atoms with Crippen LogP contribution in [0, 0.1) is 0 Å². The maximum Gasteiger partial charge on any atom is 0.319 e. The molecule has 2 fully saturated rings. The van der Waals surface area contributed by atoms with E-state index in [1.807, 2.05) is 18.2 Å². The van der Waals surface area contributed by atoms with Crippen LogP contribution in [0.1, 0.15) is 30.6 Å². The van der Waals surface area contributed by atoms with Crippen molar-refractivity contribution in [3.63, 3.8) is 0 Å². The predicted octanol–water partition coefficient (Wildman–Crippen LogP) is 3.10. The molecule has 0 radical (unpaired) electrons. The van der Waals surface area contributed by atoms with Crippen LogP contribution in [0.25, 0.3) is 6.08 Å². The van der Waals surface area contributed by atoms with Crippen molar-refractivity contribution >= 4 is 62.6 Å². The van der Waals surface area contributed by atoms with Gasteiger partial charge in [0.1, 0.15) is 6.04 Å². The number of urea groups is 1. The van der Waals surface area contributed by atoms with E-state index in [-0.39, 0.29) is 24.5 Å². The number of nitrogens with one attached hydrogen (secondary N) is 3. The zero-order valence-corrected chi connectivity index (χ0v) is 23.0. The number of carbonyl (C=O) groups is 3. The van der Waals surface area contributed by atoms with E-state index >= 15 is 0 Å². The maximum absolute atomic E-state index is 13.1. The molecule has 10 nitrogen and oxygen atoms in total. The van der Waals surface area contributed by atoms with Crippen LogP contribution in [0.4, 0.5) is 10.5 Å².